The van der Waals surface area contributed by atoms with Crippen LogP contribution < -0.4 is 19.2 Å². The van der Waals surface area contributed by atoms with Crippen LogP contribution in [0.2, 0.25) is 0 Å². The molecule has 8 nitrogen and oxygen atoms in total. The van der Waals surface area contributed by atoms with Crippen LogP contribution in [0.1, 0.15) is 11.1 Å². The van der Waals surface area contributed by atoms with Crippen molar-refractivity contribution in [2.75, 3.05) is 24.6 Å². The molecule has 0 atom stereocenters. The number of hydrazone groups is 1. The average molecular weight is 626 g/mol. The highest BCUT2D eigenvalue weighted by molar-refractivity contribution is 9.10. The summed E-state index contributed by atoms with van der Waals surface area (Å²) in [6.45, 7) is 3.00. The monoisotopic (exact) mass is 625 g/mol. The number of nitrogens with one attached hydrogen (secondary N) is 1. The molecule has 0 radical (unpaired) electrons. The van der Waals surface area contributed by atoms with Crippen molar-refractivity contribution in [3.8, 4) is 11.5 Å². The van der Waals surface area contributed by atoms with E-state index in [2.05, 4.69) is 33.0 Å². The van der Waals surface area contributed by atoms with Crippen LogP contribution in [-0.2, 0) is 21.0 Å². The number of rotatable bonds is 11. The third-order valence-electron chi connectivity index (χ3n) is 5.08. The van der Waals surface area contributed by atoms with Crippen molar-refractivity contribution in [1.29, 1.82) is 0 Å². The summed E-state index contributed by atoms with van der Waals surface area (Å²) in [6, 6.07) is 14.0. The predicted molar refractivity (Wildman–Crippen MR) is 145 cm³/mol. The number of carbonyl (C=O) groups is 1. The van der Waals surface area contributed by atoms with Crippen LogP contribution in [0.5, 0.6) is 11.5 Å². The zero-order chi connectivity index (χ0) is 28.6. The molecule has 0 aliphatic carbocycles. The number of anilines is 1. The molecule has 0 aromatic heterocycles. The van der Waals surface area contributed by atoms with Gasteiger partial charge in [0.25, 0.3) is 15.9 Å². The van der Waals surface area contributed by atoms with Gasteiger partial charge in [0.15, 0.2) is 11.5 Å². The van der Waals surface area contributed by atoms with Crippen LogP contribution >= 0.6 is 15.9 Å². The van der Waals surface area contributed by atoms with E-state index < -0.39 is 34.2 Å². The number of nitrogens with zero attached hydrogens (tertiary/aromatic N) is 2. The van der Waals surface area contributed by atoms with Crippen LogP contribution in [0.25, 0.3) is 0 Å². The molecule has 206 valence electrons. The zero-order valence-corrected chi connectivity index (χ0v) is 22.9. The molecule has 13 heteroatoms. The summed E-state index contributed by atoms with van der Waals surface area (Å²) in [6.07, 6.45) is -1.87. The highest BCUT2D eigenvalue weighted by atomic mass is 79.9. The first-order valence-corrected chi connectivity index (χ1v) is 13.4. The summed E-state index contributed by atoms with van der Waals surface area (Å²) in [4.78, 5) is 12.5. The zero-order valence-electron chi connectivity index (χ0n) is 20.5. The lowest BCUT2D eigenvalue weighted by molar-refractivity contribution is -0.137. The summed E-state index contributed by atoms with van der Waals surface area (Å²) in [7, 11) is -2.96. The minimum absolute atomic E-state index is 0.200. The van der Waals surface area contributed by atoms with Gasteiger partial charge in [-0.25, -0.2) is 13.8 Å². The van der Waals surface area contributed by atoms with E-state index in [1.165, 1.54) is 43.7 Å². The average Bonchev–Trinajstić information content (AvgIpc) is 2.91. The van der Waals surface area contributed by atoms with Gasteiger partial charge >= 0.3 is 6.18 Å². The molecule has 3 rings (SSSR count). The molecular formula is C26H23BrF3N3O5S. The van der Waals surface area contributed by atoms with Gasteiger partial charge in [-0.15, -0.1) is 0 Å². The third kappa shape index (κ3) is 7.60. The molecule has 0 aliphatic rings. The number of ether oxygens (including phenoxy) is 2. The predicted octanol–water partition coefficient (Wildman–Crippen LogP) is 5.39. The summed E-state index contributed by atoms with van der Waals surface area (Å²) in [5.41, 5.74) is 1.30. The summed E-state index contributed by atoms with van der Waals surface area (Å²) >= 11 is 3.37. The van der Waals surface area contributed by atoms with Gasteiger partial charge in [-0.1, -0.05) is 36.9 Å². The molecule has 0 saturated carbocycles. The highest BCUT2D eigenvalue weighted by Crippen LogP contribution is 2.36. The van der Waals surface area contributed by atoms with Gasteiger partial charge in [0.1, 0.15) is 13.2 Å². The topological polar surface area (TPSA) is 97.3 Å². The van der Waals surface area contributed by atoms with Gasteiger partial charge < -0.3 is 9.47 Å². The van der Waals surface area contributed by atoms with Gasteiger partial charge in [-0.2, -0.15) is 18.3 Å². The maximum atomic E-state index is 13.3. The lowest BCUT2D eigenvalue weighted by Gasteiger charge is -2.24. The number of hydrogen-bond donors (Lipinski definition) is 1. The molecule has 0 aliphatic heterocycles. The van der Waals surface area contributed by atoms with Crippen molar-refractivity contribution in [2.45, 2.75) is 11.1 Å². The number of carbonyl (C=O) groups excluding carboxylic acids is 1. The Labute approximate surface area is 231 Å². The van der Waals surface area contributed by atoms with Crippen molar-refractivity contribution < 1.29 is 35.9 Å². The molecule has 0 heterocycles. The number of hydrogen-bond acceptors (Lipinski definition) is 6. The van der Waals surface area contributed by atoms with Crippen LogP contribution in [0.4, 0.5) is 18.9 Å². The Bertz CT molecular complexity index is 1470. The first kappa shape index (κ1) is 29.7. The lowest BCUT2D eigenvalue weighted by Crippen LogP contribution is -2.39. The van der Waals surface area contributed by atoms with Crippen molar-refractivity contribution in [2.24, 2.45) is 5.10 Å². The molecule has 1 amide bonds. The molecular weight excluding hydrogens is 603 g/mol. The van der Waals surface area contributed by atoms with E-state index in [0.29, 0.717) is 31.9 Å². The first-order chi connectivity index (χ1) is 18.5. The molecule has 1 N–H and O–H groups in total. The first-order valence-electron chi connectivity index (χ1n) is 11.2. The third-order valence-corrected chi connectivity index (χ3v) is 7.46. The SMILES string of the molecule is C=CCOc1c(Br)cc(/C=N\NC(=O)CN(c2cccc(C(F)(F)F)c2)S(=O)(=O)c2ccccc2)cc1OC. The standard InChI is InChI=1S/C26H23BrF3N3O5S/c1-3-12-38-25-22(27)13-18(14-23(25)37-2)16-31-32-24(34)17-33(39(35,36)21-10-5-4-6-11-21)20-9-7-8-19(15-20)26(28,29)30/h3-11,13-16H,1,12,17H2,2H3,(H,32,34)/b31-16-. The number of sulfonamides is 1. The number of halogens is 4. The Morgan fingerprint density at radius 2 is 1.85 bits per heavy atom. The van der Waals surface area contributed by atoms with E-state index in [0.717, 1.165) is 12.1 Å². The van der Waals surface area contributed by atoms with E-state index in [1.54, 1.807) is 24.3 Å². The van der Waals surface area contributed by atoms with E-state index in [4.69, 9.17) is 9.47 Å². The lowest BCUT2D eigenvalue weighted by atomic mass is 10.2. The number of alkyl halides is 3. The maximum Gasteiger partial charge on any atom is 0.416 e. The molecule has 39 heavy (non-hydrogen) atoms. The molecule has 0 saturated heterocycles. The summed E-state index contributed by atoms with van der Waals surface area (Å²) in [5.74, 6) is -0.0785. The second-order valence-corrected chi connectivity index (χ2v) is 10.5. The van der Waals surface area contributed by atoms with Crippen molar-refractivity contribution >= 4 is 43.8 Å². The van der Waals surface area contributed by atoms with Crippen LogP contribution in [0.15, 0.2) is 93.9 Å². The van der Waals surface area contributed by atoms with Crippen LogP contribution in [0, 0.1) is 0 Å². The maximum absolute atomic E-state index is 13.3. The van der Waals surface area contributed by atoms with Gasteiger partial charge in [-0.05, 0) is 64.0 Å². The minimum Gasteiger partial charge on any atom is -0.493 e. The van der Waals surface area contributed by atoms with Crippen molar-refractivity contribution in [1.82, 2.24) is 5.43 Å². The van der Waals surface area contributed by atoms with Crippen LogP contribution in [-0.4, -0.2) is 40.8 Å². The van der Waals surface area contributed by atoms with E-state index in [1.807, 2.05) is 0 Å². The van der Waals surface area contributed by atoms with Gasteiger partial charge in [-0.3, -0.25) is 9.10 Å². The number of amides is 1. The molecule has 0 bridgehead atoms. The van der Waals surface area contributed by atoms with Crippen molar-refractivity contribution in [3.63, 3.8) is 0 Å². The second-order valence-electron chi connectivity index (χ2n) is 7.80. The fourth-order valence-electron chi connectivity index (χ4n) is 3.31. The smallest absolute Gasteiger partial charge is 0.416 e. The van der Waals surface area contributed by atoms with Gasteiger partial charge in [0, 0.05) is 0 Å². The fourth-order valence-corrected chi connectivity index (χ4v) is 5.32. The quantitative estimate of drug-likeness (QED) is 0.175. The number of benzene rings is 3. The molecule has 3 aromatic rings. The summed E-state index contributed by atoms with van der Waals surface area (Å²) in [5, 5.41) is 3.85. The largest absolute Gasteiger partial charge is 0.493 e. The summed E-state index contributed by atoms with van der Waals surface area (Å²) < 4.78 is 78.6. The normalized spacial score (nSPS) is 11.7. The molecule has 0 unspecified atom stereocenters. The molecule has 0 fully saturated rings. The Hall–Kier alpha value is -3.84. The fraction of sp³-hybridized carbons (Fsp3) is 0.154. The molecule has 0 spiro atoms. The Morgan fingerprint density at radius 1 is 1.13 bits per heavy atom. The second kappa shape index (κ2) is 12.8. The Kier molecular flexibility index (Phi) is 9.76. The molecule has 3 aromatic carbocycles. The van der Waals surface area contributed by atoms with Gasteiger partial charge in [0.05, 0.1) is 33.9 Å². The van der Waals surface area contributed by atoms with E-state index in [9.17, 15) is 26.4 Å². The van der Waals surface area contributed by atoms with Crippen LogP contribution in [0.3, 0.4) is 0 Å². The van der Waals surface area contributed by atoms with E-state index >= 15 is 0 Å². The Balaban J connectivity index is 1.86. The highest BCUT2D eigenvalue weighted by Gasteiger charge is 2.33. The van der Waals surface area contributed by atoms with E-state index in [-0.39, 0.29) is 17.2 Å². The number of methoxy groups -OCH3 is 1. The minimum atomic E-state index is -4.72. The Morgan fingerprint density at radius 3 is 2.49 bits per heavy atom. The van der Waals surface area contributed by atoms with Gasteiger partial charge in [0.2, 0.25) is 0 Å². The van der Waals surface area contributed by atoms with Crippen molar-refractivity contribution in [3.05, 3.63) is 95.0 Å².